The van der Waals surface area contributed by atoms with Crippen LogP contribution in [0.4, 0.5) is 0 Å². The van der Waals surface area contributed by atoms with Gasteiger partial charge in [0.2, 0.25) is 0 Å². The molecule has 0 saturated heterocycles. The minimum Gasteiger partial charge on any atom is -0.457 e. The van der Waals surface area contributed by atoms with E-state index in [0.717, 1.165) is 6.42 Å². The Hall–Kier alpha value is -0.183. The number of ether oxygens (including phenoxy) is 1. The van der Waals surface area contributed by atoms with Crippen LogP contribution in [0.2, 0.25) is 0 Å². The first-order valence-corrected chi connectivity index (χ1v) is 4.83. The minimum atomic E-state index is -0.382. The zero-order valence-corrected chi connectivity index (χ0v) is 12.0. The summed E-state index contributed by atoms with van der Waals surface area (Å²) in [7, 11) is 0.660. The summed E-state index contributed by atoms with van der Waals surface area (Å²) in [5.41, 5.74) is 0. The van der Waals surface area contributed by atoms with Crippen molar-refractivity contribution in [3.05, 3.63) is 12.7 Å². The third kappa shape index (κ3) is 5.97. The number of hydrogen-bond acceptors (Lipinski definition) is 3. The average Bonchev–Trinajstić information content (AvgIpc) is 2.12. The molecule has 5 heteroatoms. The Bertz CT molecular complexity index is 163. The van der Waals surface area contributed by atoms with E-state index >= 15 is 0 Å². The van der Waals surface area contributed by atoms with E-state index in [1.807, 2.05) is 13.8 Å². The van der Waals surface area contributed by atoms with E-state index in [4.69, 9.17) is 9.16 Å². The SMILES string of the molecule is C=CC(=O)OC(CC)C(C)O[SiH3].P. The van der Waals surface area contributed by atoms with Crippen LogP contribution in [-0.4, -0.2) is 28.7 Å². The van der Waals surface area contributed by atoms with E-state index < -0.39 is 0 Å². The lowest BCUT2D eigenvalue weighted by Crippen LogP contribution is -2.29. The molecule has 0 saturated carbocycles. The van der Waals surface area contributed by atoms with Crippen LogP contribution in [0.25, 0.3) is 0 Å². The number of carbonyl (C=O) groups is 1. The molecule has 13 heavy (non-hydrogen) atoms. The lowest BCUT2D eigenvalue weighted by molar-refractivity contribution is -0.147. The van der Waals surface area contributed by atoms with Gasteiger partial charge in [-0.2, -0.15) is 9.90 Å². The summed E-state index contributed by atoms with van der Waals surface area (Å²) < 4.78 is 10.2. The van der Waals surface area contributed by atoms with Crippen LogP contribution in [-0.2, 0) is 14.0 Å². The van der Waals surface area contributed by atoms with Gasteiger partial charge in [0.25, 0.3) is 0 Å². The average molecular weight is 222 g/mol. The van der Waals surface area contributed by atoms with Crippen molar-refractivity contribution < 1.29 is 14.0 Å². The quantitative estimate of drug-likeness (QED) is 0.289. The van der Waals surface area contributed by atoms with Gasteiger partial charge in [0.15, 0.2) is 0 Å². The summed E-state index contributed by atoms with van der Waals surface area (Å²) in [5, 5.41) is 0. The van der Waals surface area contributed by atoms with Crippen LogP contribution in [0, 0.1) is 0 Å². The molecule has 0 fully saturated rings. The molecule has 0 aliphatic heterocycles. The van der Waals surface area contributed by atoms with Crippen LogP contribution in [0.1, 0.15) is 20.3 Å². The van der Waals surface area contributed by atoms with E-state index in [9.17, 15) is 4.79 Å². The zero-order valence-electron chi connectivity index (χ0n) is 8.58. The van der Waals surface area contributed by atoms with Crippen molar-refractivity contribution in [2.45, 2.75) is 32.5 Å². The minimum absolute atomic E-state index is 0. The van der Waals surface area contributed by atoms with Crippen molar-refractivity contribution in [2.75, 3.05) is 0 Å². The first-order chi connectivity index (χ1) is 5.65. The van der Waals surface area contributed by atoms with Gasteiger partial charge in [-0.15, -0.1) is 0 Å². The molecule has 3 unspecified atom stereocenters. The van der Waals surface area contributed by atoms with Gasteiger partial charge in [0.05, 0.1) is 6.10 Å². The Labute approximate surface area is 86.0 Å². The molecular formula is C8H19O3PSi. The van der Waals surface area contributed by atoms with E-state index in [1.54, 1.807) is 0 Å². The highest BCUT2D eigenvalue weighted by Crippen LogP contribution is 2.07. The molecule has 3 nitrogen and oxygen atoms in total. The predicted octanol–water partition coefficient (Wildman–Crippen LogP) is 0.238. The van der Waals surface area contributed by atoms with Gasteiger partial charge < -0.3 is 9.16 Å². The lowest BCUT2D eigenvalue weighted by Gasteiger charge is -2.21. The number of rotatable bonds is 5. The van der Waals surface area contributed by atoms with Gasteiger partial charge in [0, 0.05) is 6.08 Å². The first-order valence-electron chi connectivity index (χ1n) is 4.01. The number of hydrogen-bond donors (Lipinski definition) is 0. The summed E-state index contributed by atoms with van der Waals surface area (Å²) in [6.07, 6.45) is 1.78. The van der Waals surface area contributed by atoms with Crippen molar-refractivity contribution in [1.82, 2.24) is 0 Å². The summed E-state index contributed by atoms with van der Waals surface area (Å²) in [6, 6.07) is 0. The van der Waals surface area contributed by atoms with Crippen molar-refractivity contribution in [3.63, 3.8) is 0 Å². The fraction of sp³-hybridized carbons (Fsp3) is 0.625. The largest absolute Gasteiger partial charge is 0.457 e. The fourth-order valence-corrected chi connectivity index (χ4v) is 1.16. The maximum absolute atomic E-state index is 10.8. The smallest absolute Gasteiger partial charge is 0.330 e. The maximum atomic E-state index is 10.8. The van der Waals surface area contributed by atoms with Gasteiger partial charge in [-0.3, -0.25) is 0 Å². The highest BCUT2D eigenvalue weighted by Gasteiger charge is 2.17. The van der Waals surface area contributed by atoms with Gasteiger partial charge in [0.1, 0.15) is 16.6 Å². The lowest BCUT2D eigenvalue weighted by atomic mass is 10.2. The normalized spacial score (nSPS) is 14.0. The fourth-order valence-electron chi connectivity index (χ4n) is 0.860. The molecule has 0 aromatic heterocycles. The van der Waals surface area contributed by atoms with Crippen molar-refractivity contribution in [2.24, 2.45) is 0 Å². The zero-order chi connectivity index (χ0) is 9.56. The molecule has 0 bridgehead atoms. The Morgan fingerprint density at radius 1 is 1.69 bits per heavy atom. The number of carbonyl (C=O) groups excluding carboxylic acids is 1. The molecule has 78 valence electrons. The number of esters is 1. The Kier molecular flexibility index (Phi) is 9.90. The van der Waals surface area contributed by atoms with Gasteiger partial charge >= 0.3 is 5.97 Å². The molecule has 0 amide bonds. The highest BCUT2D eigenvalue weighted by atomic mass is 31.0. The second-order valence-electron chi connectivity index (χ2n) is 2.53. The summed E-state index contributed by atoms with van der Waals surface area (Å²) in [5.74, 6) is -0.382. The molecule has 0 spiro atoms. The third-order valence-corrected chi connectivity index (χ3v) is 2.48. The Balaban J connectivity index is 0. The molecule has 0 rings (SSSR count). The molecule has 0 radical (unpaired) electrons. The van der Waals surface area contributed by atoms with E-state index in [-0.39, 0.29) is 28.1 Å². The van der Waals surface area contributed by atoms with Crippen molar-refractivity contribution in [1.29, 1.82) is 0 Å². The standard InChI is InChI=1S/C8H16O3Si.H3P/c1-4-7(6(3)11-12)10-8(9)5-2;/h5-7H,2,4H2,1,3,12H3;1H3. The highest BCUT2D eigenvalue weighted by molar-refractivity contribution is 6.92. The monoisotopic (exact) mass is 222 g/mol. The second-order valence-corrected chi connectivity index (χ2v) is 3.00. The summed E-state index contributed by atoms with van der Waals surface area (Å²) in [4.78, 5) is 10.8. The van der Waals surface area contributed by atoms with Gasteiger partial charge in [-0.25, -0.2) is 4.79 Å². The van der Waals surface area contributed by atoms with E-state index in [0.29, 0.717) is 10.5 Å². The third-order valence-electron chi connectivity index (χ3n) is 1.73. The van der Waals surface area contributed by atoms with Gasteiger partial charge in [-0.05, 0) is 13.3 Å². The van der Waals surface area contributed by atoms with Crippen molar-refractivity contribution in [3.8, 4) is 0 Å². The van der Waals surface area contributed by atoms with Crippen LogP contribution < -0.4 is 0 Å². The van der Waals surface area contributed by atoms with E-state index in [2.05, 4.69) is 6.58 Å². The van der Waals surface area contributed by atoms with Crippen LogP contribution in [0.5, 0.6) is 0 Å². The molecule has 0 aromatic carbocycles. The topological polar surface area (TPSA) is 35.5 Å². The molecule has 0 aliphatic carbocycles. The van der Waals surface area contributed by atoms with Crippen LogP contribution in [0.15, 0.2) is 12.7 Å². The summed E-state index contributed by atoms with van der Waals surface area (Å²) in [6.45, 7) is 7.18. The molecular weight excluding hydrogens is 203 g/mol. The predicted molar refractivity (Wildman–Crippen MR) is 62.0 cm³/mol. The Morgan fingerprint density at radius 2 is 2.23 bits per heavy atom. The van der Waals surface area contributed by atoms with Crippen LogP contribution in [0.3, 0.4) is 0 Å². The maximum Gasteiger partial charge on any atom is 0.330 e. The molecule has 0 heterocycles. The summed E-state index contributed by atoms with van der Waals surface area (Å²) >= 11 is 0. The molecule has 3 atom stereocenters. The second kappa shape index (κ2) is 8.42. The molecule has 0 aromatic rings. The van der Waals surface area contributed by atoms with Crippen LogP contribution >= 0.6 is 9.90 Å². The molecule has 0 N–H and O–H groups in total. The first kappa shape index (κ1) is 15.3. The Morgan fingerprint density at radius 3 is 2.54 bits per heavy atom. The van der Waals surface area contributed by atoms with Crippen molar-refractivity contribution >= 4 is 26.4 Å². The van der Waals surface area contributed by atoms with E-state index in [1.165, 1.54) is 6.08 Å². The molecule has 0 aliphatic rings. The van der Waals surface area contributed by atoms with Gasteiger partial charge in [-0.1, -0.05) is 13.5 Å².